The van der Waals surface area contributed by atoms with Gasteiger partial charge in [-0.05, 0) is 18.8 Å². The number of nitrogens with one attached hydrogen (secondary N) is 1. The van der Waals surface area contributed by atoms with Crippen molar-refractivity contribution < 1.29 is 18.3 Å². The van der Waals surface area contributed by atoms with Crippen LogP contribution in [0.5, 0.6) is 0 Å². The lowest BCUT2D eigenvalue weighted by Gasteiger charge is -2.10. The maximum absolute atomic E-state index is 11.7. The highest BCUT2D eigenvalue weighted by Gasteiger charge is 2.29. The number of rotatable bonds is 8. The summed E-state index contributed by atoms with van der Waals surface area (Å²) in [5.41, 5.74) is 0. The first-order chi connectivity index (χ1) is 7.59. The van der Waals surface area contributed by atoms with Crippen LogP contribution in [0, 0.1) is 5.92 Å². The zero-order valence-corrected chi connectivity index (χ0v) is 10.5. The largest absolute Gasteiger partial charge is 0.375 e. The summed E-state index contributed by atoms with van der Waals surface area (Å²) in [4.78, 5) is 11.6. The monoisotopic (exact) mass is 299 g/mol. The standard InChI is InChI=1S/C10H16BrF2NO2/c11-8(7-1-2-7)5-14-10(15)3-4-16-6-9(12)13/h7-9H,1-6H2,(H,14,15). The Morgan fingerprint density at radius 3 is 2.75 bits per heavy atom. The van der Waals surface area contributed by atoms with Gasteiger partial charge in [-0.2, -0.15) is 0 Å². The van der Waals surface area contributed by atoms with Crippen molar-refractivity contribution in [3.63, 3.8) is 0 Å². The number of amides is 1. The SMILES string of the molecule is O=C(CCOCC(F)F)NCC(Br)C1CC1. The number of alkyl halides is 3. The molecular formula is C10H16BrF2NO2. The number of hydrogen-bond donors (Lipinski definition) is 1. The van der Waals surface area contributed by atoms with Gasteiger partial charge in [0.15, 0.2) is 0 Å². The predicted octanol–water partition coefficient (Wildman–Crippen LogP) is 1.95. The molecule has 0 heterocycles. The average molecular weight is 300 g/mol. The first kappa shape index (κ1) is 13.8. The minimum absolute atomic E-state index is 0.0482. The molecule has 0 radical (unpaired) electrons. The molecule has 1 unspecified atom stereocenters. The third kappa shape index (κ3) is 6.37. The van der Waals surface area contributed by atoms with Crippen LogP contribution in [0.2, 0.25) is 0 Å². The highest BCUT2D eigenvalue weighted by atomic mass is 79.9. The minimum atomic E-state index is -2.47. The summed E-state index contributed by atoms with van der Waals surface area (Å²) in [6, 6.07) is 0. The highest BCUT2D eigenvalue weighted by Crippen LogP contribution is 2.36. The van der Waals surface area contributed by atoms with Crippen molar-refractivity contribution in [3.05, 3.63) is 0 Å². The van der Waals surface area contributed by atoms with Gasteiger partial charge in [0, 0.05) is 17.8 Å². The van der Waals surface area contributed by atoms with Crippen LogP contribution in [0.25, 0.3) is 0 Å². The Kier molecular flexibility index (Phi) is 6.20. The van der Waals surface area contributed by atoms with E-state index in [1.807, 2.05) is 0 Å². The molecule has 0 bridgehead atoms. The molecule has 0 aromatic heterocycles. The van der Waals surface area contributed by atoms with Crippen LogP contribution in [0.4, 0.5) is 8.78 Å². The Labute approximate surface area is 102 Å². The summed E-state index contributed by atoms with van der Waals surface area (Å²) in [5, 5.41) is 2.74. The quantitative estimate of drug-likeness (QED) is 0.549. The van der Waals surface area contributed by atoms with E-state index >= 15 is 0 Å². The number of halogens is 3. The molecule has 3 nitrogen and oxygen atoms in total. The number of carbonyl (C=O) groups excluding carboxylic acids is 1. The van der Waals surface area contributed by atoms with Crippen LogP contribution in [-0.2, 0) is 9.53 Å². The van der Waals surface area contributed by atoms with E-state index in [0.717, 1.165) is 0 Å². The number of carbonyl (C=O) groups is 1. The first-order valence-electron chi connectivity index (χ1n) is 5.36. The molecule has 1 aliphatic carbocycles. The van der Waals surface area contributed by atoms with Gasteiger partial charge in [-0.15, -0.1) is 0 Å². The van der Waals surface area contributed by atoms with Crippen molar-refractivity contribution >= 4 is 21.8 Å². The first-order valence-corrected chi connectivity index (χ1v) is 6.28. The Morgan fingerprint density at radius 1 is 1.50 bits per heavy atom. The van der Waals surface area contributed by atoms with Crippen LogP contribution in [0.3, 0.4) is 0 Å². The van der Waals surface area contributed by atoms with Gasteiger partial charge < -0.3 is 10.1 Å². The van der Waals surface area contributed by atoms with Crippen LogP contribution in [-0.4, -0.2) is 36.9 Å². The van der Waals surface area contributed by atoms with Gasteiger partial charge in [-0.3, -0.25) is 4.79 Å². The Balaban J connectivity index is 1.93. The molecule has 1 aliphatic rings. The van der Waals surface area contributed by atoms with E-state index in [1.165, 1.54) is 12.8 Å². The average Bonchev–Trinajstić information content (AvgIpc) is 3.04. The molecule has 1 N–H and O–H groups in total. The topological polar surface area (TPSA) is 38.3 Å². The maximum Gasteiger partial charge on any atom is 0.261 e. The number of hydrogen-bond acceptors (Lipinski definition) is 2. The maximum atomic E-state index is 11.7. The van der Waals surface area contributed by atoms with E-state index in [-0.39, 0.29) is 18.9 Å². The van der Waals surface area contributed by atoms with E-state index in [2.05, 4.69) is 26.0 Å². The van der Waals surface area contributed by atoms with Gasteiger partial charge >= 0.3 is 0 Å². The zero-order chi connectivity index (χ0) is 12.0. The van der Waals surface area contributed by atoms with Gasteiger partial charge in [-0.25, -0.2) is 8.78 Å². The van der Waals surface area contributed by atoms with Crippen LogP contribution in [0.1, 0.15) is 19.3 Å². The molecule has 0 saturated heterocycles. The van der Waals surface area contributed by atoms with Crippen LogP contribution < -0.4 is 5.32 Å². The van der Waals surface area contributed by atoms with E-state index in [1.54, 1.807) is 0 Å². The molecule has 1 atom stereocenters. The smallest absolute Gasteiger partial charge is 0.261 e. The molecule has 16 heavy (non-hydrogen) atoms. The molecule has 1 saturated carbocycles. The second kappa shape index (κ2) is 7.17. The lowest BCUT2D eigenvalue weighted by Crippen LogP contribution is -2.31. The van der Waals surface area contributed by atoms with Crippen LogP contribution >= 0.6 is 15.9 Å². The fraction of sp³-hybridized carbons (Fsp3) is 0.900. The Hall–Kier alpha value is -0.230. The van der Waals surface area contributed by atoms with Gasteiger partial charge in [0.2, 0.25) is 5.91 Å². The molecular weight excluding hydrogens is 284 g/mol. The highest BCUT2D eigenvalue weighted by molar-refractivity contribution is 9.09. The molecule has 6 heteroatoms. The second-order valence-electron chi connectivity index (χ2n) is 3.87. The molecule has 0 aromatic rings. The molecule has 0 spiro atoms. The molecule has 1 rings (SSSR count). The van der Waals surface area contributed by atoms with Crippen molar-refractivity contribution in [3.8, 4) is 0 Å². The third-order valence-corrected chi connectivity index (χ3v) is 3.42. The summed E-state index contributed by atoms with van der Waals surface area (Å²) in [6.45, 7) is 0.0430. The van der Waals surface area contributed by atoms with E-state index in [4.69, 9.17) is 0 Å². The zero-order valence-electron chi connectivity index (χ0n) is 8.93. The fourth-order valence-electron chi connectivity index (χ4n) is 1.26. The van der Waals surface area contributed by atoms with Gasteiger partial charge in [0.05, 0.1) is 6.61 Å². The van der Waals surface area contributed by atoms with E-state index in [0.29, 0.717) is 17.3 Å². The van der Waals surface area contributed by atoms with E-state index in [9.17, 15) is 13.6 Å². The molecule has 0 aliphatic heterocycles. The van der Waals surface area contributed by atoms with Gasteiger partial charge in [0.25, 0.3) is 6.43 Å². The number of ether oxygens (including phenoxy) is 1. The fourth-order valence-corrected chi connectivity index (χ4v) is 1.95. The summed E-state index contributed by atoms with van der Waals surface area (Å²) in [5.74, 6) is 0.523. The second-order valence-corrected chi connectivity index (χ2v) is 5.05. The molecule has 94 valence electrons. The van der Waals surface area contributed by atoms with Crippen molar-refractivity contribution in [1.29, 1.82) is 0 Å². The predicted molar refractivity (Wildman–Crippen MR) is 59.9 cm³/mol. The lowest BCUT2D eigenvalue weighted by atomic mass is 10.3. The Morgan fingerprint density at radius 2 is 2.19 bits per heavy atom. The normalized spacial score (nSPS) is 17.5. The van der Waals surface area contributed by atoms with Crippen molar-refractivity contribution in [2.75, 3.05) is 19.8 Å². The molecule has 0 aromatic carbocycles. The lowest BCUT2D eigenvalue weighted by molar-refractivity contribution is -0.122. The summed E-state index contributed by atoms with van der Waals surface area (Å²) in [6.07, 6.45) is 0.0915. The summed E-state index contributed by atoms with van der Waals surface area (Å²) < 4.78 is 28.0. The van der Waals surface area contributed by atoms with Crippen molar-refractivity contribution in [2.24, 2.45) is 5.92 Å². The Bertz CT molecular complexity index is 225. The third-order valence-electron chi connectivity index (χ3n) is 2.35. The minimum Gasteiger partial charge on any atom is -0.375 e. The van der Waals surface area contributed by atoms with Gasteiger partial charge in [-0.1, -0.05) is 15.9 Å². The summed E-state index contributed by atoms with van der Waals surface area (Å²) >= 11 is 3.49. The van der Waals surface area contributed by atoms with E-state index < -0.39 is 13.0 Å². The van der Waals surface area contributed by atoms with Crippen molar-refractivity contribution in [1.82, 2.24) is 5.32 Å². The molecule has 1 fully saturated rings. The molecule has 1 amide bonds. The van der Waals surface area contributed by atoms with Crippen LogP contribution in [0.15, 0.2) is 0 Å². The van der Waals surface area contributed by atoms with Crippen molar-refractivity contribution in [2.45, 2.75) is 30.5 Å². The summed E-state index contributed by atoms with van der Waals surface area (Å²) in [7, 11) is 0. The van der Waals surface area contributed by atoms with Gasteiger partial charge in [0.1, 0.15) is 6.61 Å².